The quantitative estimate of drug-likeness (QED) is 0.527. The van der Waals surface area contributed by atoms with Crippen molar-refractivity contribution in [3.8, 4) is 12.3 Å². The minimum absolute atomic E-state index is 1.01. The second-order valence-electron chi connectivity index (χ2n) is 3.12. The smallest absolute Gasteiger partial charge is 0.0350 e. The van der Waals surface area contributed by atoms with Crippen molar-refractivity contribution in [3.05, 3.63) is 47.5 Å². The third-order valence-electron chi connectivity index (χ3n) is 2.28. The second-order valence-corrected chi connectivity index (χ2v) is 3.12. The summed E-state index contributed by atoms with van der Waals surface area (Å²) in [6.45, 7) is 2.04. The summed E-state index contributed by atoms with van der Waals surface area (Å²) in [5.74, 6) is 2.74. The molecule has 0 N–H and O–H groups in total. The van der Waals surface area contributed by atoms with Crippen molar-refractivity contribution < 1.29 is 0 Å². The van der Waals surface area contributed by atoms with E-state index in [9.17, 15) is 0 Å². The van der Waals surface area contributed by atoms with Crippen LogP contribution in [0.5, 0.6) is 0 Å². The standard InChI is InChI=1S/C13H10/c1-3-12-10(2)8-9-11-6-4-5-7-13(11)12/h1,4-9H,2H3. The molecule has 2 aromatic rings. The molecule has 0 spiro atoms. The summed E-state index contributed by atoms with van der Waals surface area (Å²) in [7, 11) is 0. The Bertz CT molecular complexity index is 487. The van der Waals surface area contributed by atoms with E-state index in [0.717, 1.165) is 5.56 Å². The van der Waals surface area contributed by atoms with Crippen molar-refractivity contribution in [3.63, 3.8) is 0 Å². The van der Waals surface area contributed by atoms with Gasteiger partial charge < -0.3 is 0 Å². The minimum Gasteiger partial charge on any atom is -0.115 e. The van der Waals surface area contributed by atoms with Crippen LogP contribution in [0.3, 0.4) is 0 Å². The van der Waals surface area contributed by atoms with Crippen LogP contribution in [0.15, 0.2) is 36.4 Å². The van der Waals surface area contributed by atoms with Crippen molar-refractivity contribution in [2.45, 2.75) is 6.92 Å². The maximum Gasteiger partial charge on any atom is 0.0350 e. The average molecular weight is 166 g/mol. The van der Waals surface area contributed by atoms with Crippen molar-refractivity contribution in [2.24, 2.45) is 0 Å². The zero-order valence-corrected chi connectivity index (χ0v) is 7.54. The summed E-state index contributed by atoms with van der Waals surface area (Å²) in [5.41, 5.74) is 2.18. The van der Waals surface area contributed by atoms with Crippen molar-refractivity contribution in [1.82, 2.24) is 0 Å². The zero-order chi connectivity index (χ0) is 9.26. The van der Waals surface area contributed by atoms with Gasteiger partial charge in [0, 0.05) is 5.56 Å². The highest BCUT2D eigenvalue weighted by Gasteiger charge is 1.99. The van der Waals surface area contributed by atoms with Gasteiger partial charge in [-0.25, -0.2) is 0 Å². The van der Waals surface area contributed by atoms with Gasteiger partial charge in [-0.1, -0.05) is 42.3 Å². The van der Waals surface area contributed by atoms with Crippen LogP contribution in [-0.4, -0.2) is 0 Å². The maximum absolute atomic E-state index is 5.47. The van der Waals surface area contributed by atoms with Crippen LogP contribution in [-0.2, 0) is 0 Å². The molecule has 0 heteroatoms. The predicted octanol–water partition coefficient (Wildman–Crippen LogP) is 3.13. The molecule has 0 bridgehead atoms. The zero-order valence-electron chi connectivity index (χ0n) is 7.54. The van der Waals surface area contributed by atoms with Crippen LogP contribution in [0.25, 0.3) is 10.8 Å². The summed E-state index contributed by atoms with van der Waals surface area (Å²) in [6, 6.07) is 12.4. The van der Waals surface area contributed by atoms with Crippen LogP contribution in [0.2, 0.25) is 0 Å². The van der Waals surface area contributed by atoms with Gasteiger partial charge in [0.2, 0.25) is 0 Å². The maximum atomic E-state index is 5.47. The highest BCUT2D eigenvalue weighted by molar-refractivity contribution is 5.89. The molecule has 0 aromatic heterocycles. The van der Waals surface area contributed by atoms with Gasteiger partial charge in [0.25, 0.3) is 0 Å². The largest absolute Gasteiger partial charge is 0.115 e. The summed E-state index contributed by atoms with van der Waals surface area (Å²) in [5, 5.41) is 2.38. The number of hydrogen-bond acceptors (Lipinski definition) is 0. The first kappa shape index (κ1) is 7.89. The monoisotopic (exact) mass is 166 g/mol. The molecule has 0 aliphatic carbocycles. The molecule has 13 heavy (non-hydrogen) atoms. The fourth-order valence-corrected chi connectivity index (χ4v) is 1.57. The molecule has 0 nitrogen and oxygen atoms in total. The van der Waals surface area contributed by atoms with Crippen LogP contribution in [0.4, 0.5) is 0 Å². The van der Waals surface area contributed by atoms with E-state index < -0.39 is 0 Å². The fourth-order valence-electron chi connectivity index (χ4n) is 1.57. The van der Waals surface area contributed by atoms with Gasteiger partial charge in [0.15, 0.2) is 0 Å². The SMILES string of the molecule is C#Cc1c(C)ccc2ccccc12. The number of hydrogen-bond donors (Lipinski definition) is 0. The van der Waals surface area contributed by atoms with E-state index in [4.69, 9.17) is 6.42 Å². The van der Waals surface area contributed by atoms with Gasteiger partial charge in [-0.2, -0.15) is 0 Å². The molecule has 0 heterocycles. The van der Waals surface area contributed by atoms with E-state index in [1.165, 1.54) is 16.3 Å². The van der Waals surface area contributed by atoms with Crippen LogP contribution >= 0.6 is 0 Å². The molecule has 0 saturated heterocycles. The lowest BCUT2D eigenvalue weighted by molar-refractivity contribution is 1.47. The first-order valence-corrected chi connectivity index (χ1v) is 4.28. The third-order valence-corrected chi connectivity index (χ3v) is 2.28. The summed E-state index contributed by atoms with van der Waals surface area (Å²) in [6.07, 6.45) is 5.47. The Hall–Kier alpha value is -1.74. The topological polar surface area (TPSA) is 0 Å². The van der Waals surface area contributed by atoms with Crippen LogP contribution in [0.1, 0.15) is 11.1 Å². The molecule has 0 fully saturated rings. The number of terminal acetylenes is 1. The first-order chi connectivity index (χ1) is 6.33. The van der Waals surface area contributed by atoms with E-state index in [1.54, 1.807) is 0 Å². The molecule has 0 aliphatic rings. The van der Waals surface area contributed by atoms with E-state index in [1.807, 2.05) is 19.1 Å². The summed E-state index contributed by atoms with van der Waals surface area (Å²) in [4.78, 5) is 0. The molecule has 0 saturated carbocycles. The molecule has 0 radical (unpaired) electrons. The lowest BCUT2D eigenvalue weighted by atomic mass is 10.0. The Morgan fingerprint density at radius 3 is 2.62 bits per heavy atom. The normalized spacial score (nSPS) is 9.85. The molecule has 0 unspecified atom stereocenters. The van der Waals surface area contributed by atoms with Crippen LogP contribution < -0.4 is 0 Å². The molecule has 0 amide bonds. The van der Waals surface area contributed by atoms with E-state index in [-0.39, 0.29) is 0 Å². The second kappa shape index (κ2) is 2.95. The van der Waals surface area contributed by atoms with E-state index in [2.05, 4.69) is 30.2 Å². The van der Waals surface area contributed by atoms with E-state index >= 15 is 0 Å². The number of aryl methyl sites for hydroxylation is 1. The van der Waals surface area contributed by atoms with Crippen LogP contribution in [0, 0.1) is 19.3 Å². The fraction of sp³-hybridized carbons (Fsp3) is 0.0769. The Morgan fingerprint density at radius 2 is 1.85 bits per heavy atom. The molecular weight excluding hydrogens is 156 g/mol. The highest BCUT2D eigenvalue weighted by atomic mass is 14.0. The predicted molar refractivity (Wildman–Crippen MR) is 56.6 cm³/mol. The molecule has 0 aliphatic heterocycles. The van der Waals surface area contributed by atoms with Gasteiger partial charge in [0.1, 0.15) is 0 Å². The number of rotatable bonds is 0. The van der Waals surface area contributed by atoms with Gasteiger partial charge in [-0.15, -0.1) is 6.42 Å². The number of fused-ring (bicyclic) bond motifs is 1. The highest BCUT2D eigenvalue weighted by Crippen LogP contribution is 2.20. The van der Waals surface area contributed by atoms with Crippen molar-refractivity contribution >= 4 is 10.8 Å². The summed E-state index contributed by atoms with van der Waals surface area (Å²) < 4.78 is 0. The molecular formula is C13H10. The minimum atomic E-state index is 1.01. The van der Waals surface area contributed by atoms with E-state index in [0.29, 0.717) is 0 Å². The van der Waals surface area contributed by atoms with Gasteiger partial charge >= 0.3 is 0 Å². The number of benzene rings is 2. The van der Waals surface area contributed by atoms with Crippen molar-refractivity contribution in [2.75, 3.05) is 0 Å². The van der Waals surface area contributed by atoms with Gasteiger partial charge in [-0.3, -0.25) is 0 Å². The first-order valence-electron chi connectivity index (χ1n) is 4.28. The molecule has 0 atom stereocenters. The third kappa shape index (κ3) is 1.19. The molecule has 2 rings (SSSR count). The summed E-state index contributed by atoms with van der Waals surface area (Å²) >= 11 is 0. The van der Waals surface area contributed by atoms with Gasteiger partial charge in [0.05, 0.1) is 0 Å². The molecule has 62 valence electrons. The lowest BCUT2D eigenvalue weighted by Crippen LogP contribution is -1.83. The Kier molecular flexibility index (Phi) is 1.79. The van der Waals surface area contributed by atoms with Crippen molar-refractivity contribution in [1.29, 1.82) is 0 Å². The average Bonchev–Trinajstić information content (AvgIpc) is 2.18. The Labute approximate surface area is 78.2 Å². The van der Waals surface area contributed by atoms with Gasteiger partial charge in [-0.05, 0) is 23.3 Å². The molecule has 2 aromatic carbocycles. The Morgan fingerprint density at radius 1 is 1.08 bits per heavy atom. The Balaban J connectivity index is 2.94. The lowest BCUT2D eigenvalue weighted by Gasteiger charge is -2.03.